The summed E-state index contributed by atoms with van der Waals surface area (Å²) in [7, 11) is 0. The molecule has 0 aliphatic heterocycles. The summed E-state index contributed by atoms with van der Waals surface area (Å²) in [4.78, 5) is 6.62. The van der Waals surface area contributed by atoms with Crippen LogP contribution in [0.4, 0.5) is 13.2 Å². The molecule has 0 atom stereocenters. The zero-order valence-corrected chi connectivity index (χ0v) is 8.49. The molecule has 0 amide bonds. The van der Waals surface area contributed by atoms with Crippen LogP contribution in [0.2, 0.25) is 0 Å². The van der Waals surface area contributed by atoms with Crippen LogP contribution >= 0.6 is 15.9 Å². The highest BCUT2D eigenvalue weighted by atomic mass is 79.9. The third-order valence-electron chi connectivity index (χ3n) is 1.58. The van der Waals surface area contributed by atoms with Gasteiger partial charge in [0.25, 0.3) is 0 Å². The first-order chi connectivity index (χ1) is 5.82. The summed E-state index contributed by atoms with van der Waals surface area (Å²) in [6.45, 7) is 3.16. The van der Waals surface area contributed by atoms with Crippen LogP contribution in [0.15, 0.2) is 4.60 Å². The summed E-state index contributed by atoms with van der Waals surface area (Å²) in [5.41, 5.74) is 0.946. The molecule has 2 nitrogen and oxygen atoms in total. The van der Waals surface area contributed by atoms with E-state index in [1.165, 1.54) is 6.92 Å². The van der Waals surface area contributed by atoms with E-state index in [1.807, 2.05) is 0 Å². The van der Waals surface area contributed by atoms with Crippen molar-refractivity contribution in [1.29, 1.82) is 0 Å². The van der Waals surface area contributed by atoms with Crippen molar-refractivity contribution in [3.05, 3.63) is 21.7 Å². The monoisotopic (exact) mass is 254 g/mol. The molecule has 72 valence electrons. The average molecular weight is 255 g/mol. The van der Waals surface area contributed by atoms with Gasteiger partial charge in [-0.3, -0.25) is 0 Å². The van der Waals surface area contributed by atoms with Crippen molar-refractivity contribution < 1.29 is 13.2 Å². The Bertz CT molecular complexity index is 312. The lowest BCUT2D eigenvalue weighted by Gasteiger charge is -2.08. The van der Waals surface area contributed by atoms with E-state index >= 15 is 0 Å². The number of halogens is 4. The molecule has 0 saturated heterocycles. The normalized spacial score (nSPS) is 11.8. The molecule has 0 bridgehead atoms. The highest BCUT2D eigenvalue weighted by Crippen LogP contribution is 2.28. The molecular weight excluding hydrogens is 249 g/mol. The van der Waals surface area contributed by atoms with Gasteiger partial charge in [-0.25, -0.2) is 9.97 Å². The van der Waals surface area contributed by atoms with Gasteiger partial charge in [-0.15, -0.1) is 0 Å². The van der Waals surface area contributed by atoms with Crippen molar-refractivity contribution in [3.8, 4) is 0 Å². The molecule has 0 aromatic carbocycles. The summed E-state index contributed by atoms with van der Waals surface area (Å²) in [6.07, 6.45) is -4.49. The summed E-state index contributed by atoms with van der Waals surface area (Å²) in [5.74, 6) is -1.11. The van der Waals surface area contributed by atoms with Gasteiger partial charge in [-0.1, -0.05) is 0 Å². The summed E-state index contributed by atoms with van der Waals surface area (Å²) in [5, 5.41) is 0. The molecular formula is C7H6BrF3N2. The molecule has 0 fully saturated rings. The van der Waals surface area contributed by atoms with Crippen molar-refractivity contribution in [2.75, 3.05) is 0 Å². The van der Waals surface area contributed by atoms with Gasteiger partial charge < -0.3 is 0 Å². The summed E-state index contributed by atoms with van der Waals surface area (Å²) < 4.78 is 36.6. The molecule has 1 aromatic rings. The number of alkyl halides is 3. The van der Waals surface area contributed by atoms with Gasteiger partial charge >= 0.3 is 6.18 Å². The number of hydrogen-bond acceptors (Lipinski definition) is 2. The van der Waals surface area contributed by atoms with Crippen LogP contribution in [0.25, 0.3) is 0 Å². The standard InChI is InChI=1S/C7H6BrF3N2/c1-3-4(2)12-6(7(9,10)11)13-5(3)8/h1-2H3. The smallest absolute Gasteiger partial charge is 0.229 e. The van der Waals surface area contributed by atoms with Crippen molar-refractivity contribution in [2.45, 2.75) is 20.0 Å². The predicted molar refractivity (Wildman–Crippen MR) is 44.2 cm³/mol. The number of aryl methyl sites for hydroxylation is 1. The van der Waals surface area contributed by atoms with Crippen LogP contribution in [-0.4, -0.2) is 9.97 Å². The van der Waals surface area contributed by atoms with E-state index in [4.69, 9.17) is 0 Å². The van der Waals surface area contributed by atoms with Gasteiger partial charge in [0.1, 0.15) is 4.60 Å². The molecule has 0 radical (unpaired) electrons. The summed E-state index contributed by atoms with van der Waals surface area (Å²) in [6, 6.07) is 0. The third-order valence-corrected chi connectivity index (χ3v) is 2.36. The van der Waals surface area contributed by atoms with E-state index in [-0.39, 0.29) is 4.60 Å². The number of nitrogens with zero attached hydrogens (tertiary/aromatic N) is 2. The SMILES string of the molecule is Cc1nc(C(F)(F)F)nc(Br)c1C. The molecule has 0 N–H and O–H groups in total. The molecule has 0 spiro atoms. The maximum Gasteiger partial charge on any atom is 0.451 e. The molecule has 1 heterocycles. The van der Waals surface area contributed by atoms with Crippen LogP contribution in [0.5, 0.6) is 0 Å². The van der Waals surface area contributed by atoms with E-state index in [9.17, 15) is 13.2 Å². The Balaban J connectivity index is 3.29. The summed E-state index contributed by atoms with van der Waals surface area (Å²) >= 11 is 2.94. The van der Waals surface area contributed by atoms with Crippen molar-refractivity contribution in [2.24, 2.45) is 0 Å². The second-order valence-electron chi connectivity index (χ2n) is 2.55. The van der Waals surface area contributed by atoms with Gasteiger partial charge in [0.15, 0.2) is 0 Å². The number of hydrogen-bond donors (Lipinski definition) is 0. The lowest BCUT2D eigenvalue weighted by molar-refractivity contribution is -0.145. The molecule has 0 saturated carbocycles. The lowest BCUT2D eigenvalue weighted by atomic mass is 10.3. The van der Waals surface area contributed by atoms with E-state index in [0.717, 1.165) is 0 Å². The van der Waals surface area contributed by atoms with Crippen molar-refractivity contribution >= 4 is 15.9 Å². The Morgan fingerprint density at radius 1 is 1.15 bits per heavy atom. The molecule has 0 aliphatic carbocycles. The molecule has 0 unspecified atom stereocenters. The fourth-order valence-corrected chi connectivity index (χ4v) is 1.18. The minimum atomic E-state index is -4.49. The van der Waals surface area contributed by atoms with Crippen molar-refractivity contribution in [1.82, 2.24) is 9.97 Å². The first kappa shape index (κ1) is 10.4. The first-order valence-corrected chi connectivity index (χ1v) is 4.19. The van der Waals surface area contributed by atoms with Crippen LogP contribution in [0.3, 0.4) is 0 Å². The molecule has 1 aromatic heterocycles. The van der Waals surface area contributed by atoms with E-state index < -0.39 is 12.0 Å². The second-order valence-corrected chi connectivity index (χ2v) is 3.30. The van der Waals surface area contributed by atoms with Crippen molar-refractivity contribution in [3.63, 3.8) is 0 Å². The maximum absolute atomic E-state index is 12.1. The third kappa shape index (κ3) is 2.18. The molecule has 13 heavy (non-hydrogen) atoms. The Morgan fingerprint density at radius 2 is 1.69 bits per heavy atom. The van der Waals surface area contributed by atoms with Gasteiger partial charge in [0, 0.05) is 11.3 Å². The fourth-order valence-electron chi connectivity index (χ4n) is 0.721. The average Bonchev–Trinajstić information content (AvgIpc) is 1.97. The minimum absolute atomic E-state index is 0.187. The Labute approximate surface area is 81.3 Å². The Morgan fingerprint density at radius 3 is 2.08 bits per heavy atom. The zero-order valence-electron chi connectivity index (χ0n) is 6.91. The largest absolute Gasteiger partial charge is 0.451 e. The van der Waals surface area contributed by atoms with E-state index in [0.29, 0.717) is 11.3 Å². The Kier molecular flexibility index (Phi) is 2.61. The topological polar surface area (TPSA) is 25.8 Å². The lowest BCUT2D eigenvalue weighted by Crippen LogP contribution is -2.12. The maximum atomic E-state index is 12.1. The van der Waals surface area contributed by atoms with Crippen LogP contribution < -0.4 is 0 Å². The number of aromatic nitrogens is 2. The molecule has 6 heteroatoms. The predicted octanol–water partition coefficient (Wildman–Crippen LogP) is 2.87. The molecule has 1 rings (SSSR count). The number of rotatable bonds is 0. The van der Waals surface area contributed by atoms with Gasteiger partial charge in [0.2, 0.25) is 5.82 Å². The highest BCUT2D eigenvalue weighted by molar-refractivity contribution is 9.10. The van der Waals surface area contributed by atoms with E-state index in [1.54, 1.807) is 6.92 Å². The first-order valence-electron chi connectivity index (χ1n) is 3.40. The fraction of sp³-hybridized carbons (Fsp3) is 0.429. The van der Waals surface area contributed by atoms with Crippen LogP contribution in [-0.2, 0) is 6.18 Å². The van der Waals surface area contributed by atoms with Gasteiger partial charge in [0.05, 0.1) is 0 Å². The quantitative estimate of drug-likeness (QED) is 0.666. The van der Waals surface area contributed by atoms with Gasteiger partial charge in [-0.05, 0) is 29.8 Å². The van der Waals surface area contributed by atoms with Crippen LogP contribution in [0, 0.1) is 13.8 Å². The van der Waals surface area contributed by atoms with E-state index in [2.05, 4.69) is 25.9 Å². The Hall–Kier alpha value is -0.650. The van der Waals surface area contributed by atoms with Gasteiger partial charge in [-0.2, -0.15) is 13.2 Å². The van der Waals surface area contributed by atoms with Crippen LogP contribution in [0.1, 0.15) is 17.1 Å². The molecule has 0 aliphatic rings. The second kappa shape index (κ2) is 3.25. The minimum Gasteiger partial charge on any atom is -0.229 e. The highest BCUT2D eigenvalue weighted by Gasteiger charge is 2.35. The zero-order chi connectivity index (χ0) is 10.2.